The van der Waals surface area contributed by atoms with Crippen LogP contribution in [0.4, 0.5) is 16.0 Å². The van der Waals surface area contributed by atoms with Crippen LogP contribution in [0.25, 0.3) is 0 Å². The van der Waals surface area contributed by atoms with Crippen molar-refractivity contribution >= 4 is 21.7 Å². The lowest BCUT2D eigenvalue weighted by molar-refractivity contribution is -0.00490. The molecular weight excluding hydrogens is 423 g/mol. The Morgan fingerprint density at radius 3 is 2.77 bits per heavy atom. The minimum atomic E-state index is -3.99. The molecule has 3 aromatic rings. The summed E-state index contributed by atoms with van der Waals surface area (Å²) in [5, 5.41) is 3.10. The summed E-state index contributed by atoms with van der Waals surface area (Å²) in [7, 11) is -2.65. The lowest BCUT2D eigenvalue weighted by Gasteiger charge is -2.32. The Kier molecular flexibility index (Phi) is 6.12. The summed E-state index contributed by atoms with van der Waals surface area (Å²) in [5.74, 6) is 0.633. The number of rotatable bonds is 6. The lowest BCUT2D eigenvalue weighted by Crippen LogP contribution is -2.42. The van der Waals surface area contributed by atoms with Crippen molar-refractivity contribution in [3.63, 3.8) is 0 Å². The first-order valence-electron chi connectivity index (χ1n) is 9.57. The van der Waals surface area contributed by atoms with Crippen LogP contribution in [0.5, 0.6) is 5.75 Å². The van der Waals surface area contributed by atoms with Gasteiger partial charge in [0.2, 0.25) is 10.0 Å². The molecule has 1 atom stereocenters. The second-order valence-electron chi connectivity index (χ2n) is 6.81. The number of hydrogen-bond acceptors (Lipinski definition) is 7. The molecule has 1 aliphatic rings. The zero-order chi connectivity index (χ0) is 21.8. The van der Waals surface area contributed by atoms with Crippen molar-refractivity contribution in [2.24, 2.45) is 0 Å². The summed E-state index contributed by atoms with van der Waals surface area (Å²) in [6, 6.07) is 14.3. The van der Waals surface area contributed by atoms with Crippen LogP contribution in [0.2, 0.25) is 0 Å². The largest absolute Gasteiger partial charge is 0.495 e. The van der Waals surface area contributed by atoms with Crippen molar-refractivity contribution in [3.8, 4) is 5.75 Å². The molecule has 0 spiro atoms. The number of anilines is 2. The number of benzene rings is 1. The first kappa shape index (κ1) is 21.2. The molecule has 1 fully saturated rings. The van der Waals surface area contributed by atoms with Crippen LogP contribution in [0, 0.1) is 5.82 Å². The second kappa shape index (κ2) is 8.96. The fraction of sp³-hybridized carbons (Fsp3) is 0.238. The fourth-order valence-electron chi connectivity index (χ4n) is 3.28. The Hall–Kier alpha value is -3.08. The number of nitrogens with one attached hydrogen (secondary N) is 1. The van der Waals surface area contributed by atoms with Gasteiger partial charge < -0.3 is 14.8 Å². The van der Waals surface area contributed by atoms with Crippen molar-refractivity contribution in [2.45, 2.75) is 11.0 Å². The van der Waals surface area contributed by atoms with Gasteiger partial charge in [0.05, 0.1) is 19.4 Å². The highest BCUT2D eigenvalue weighted by Gasteiger charge is 2.34. The Morgan fingerprint density at radius 2 is 2.00 bits per heavy atom. The second-order valence-corrected chi connectivity index (χ2v) is 8.71. The predicted octanol–water partition coefficient (Wildman–Crippen LogP) is 3.13. The molecule has 31 heavy (non-hydrogen) atoms. The number of morpholine rings is 1. The summed E-state index contributed by atoms with van der Waals surface area (Å²) in [4.78, 5) is 8.54. The van der Waals surface area contributed by atoms with Gasteiger partial charge in [-0.25, -0.2) is 22.8 Å². The van der Waals surface area contributed by atoms with E-state index in [0.717, 1.165) is 12.1 Å². The summed E-state index contributed by atoms with van der Waals surface area (Å²) < 4.78 is 52.3. The molecule has 0 saturated carbocycles. The van der Waals surface area contributed by atoms with Gasteiger partial charge in [-0.15, -0.1) is 0 Å². The number of pyridine rings is 2. The van der Waals surface area contributed by atoms with Gasteiger partial charge in [0.25, 0.3) is 0 Å². The third-order valence-corrected chi connectivity index (χ3v) is 6.68. The maximum Gasteiger partial charge on any atom is 0.247 e. The van der Waals surface area contributed by atoms with E-state index in [1.165, 1.54) is 17.5 Å². The maximum absolute atomic E-state index is 13.8. The van der Waals surface area contributed by atoms with Gasteiger partial charge in [-0.2, -0.15) is 4.31 Å². The fourth-order valence-corrected chi connectivity index (χ4v) is 4.87. The molecule has 1 aromatic carbocycles. The van der Waals surface area contributed by atoms with Gasteiger partial charge in [-0.1, -0.05) is 12.1 Å². The summed E-state index contributed by atoms with van der Waals surface area (Å²) in [6.07, 6.45) is 1.09. The standard InChI is InChI=1S/C21H21FN4O4S/c1-29-17-9-8-15(22)13-19(17)31(27,28)26-11-12-30-18(14-26)16-5-4-7-21(24-16)25-20-6-2-3-10-23-20/h2-10,13,18H,11-12,14H2,1H3,(H,23,24,25)/t18-/m0/s1. The average Bonchev–Trinajstić information content (AvgIpc) is 2.80. The van der Waals surface area contributed by atoms with E-state index in [9.17, 15) is 12.8 Å². The molecule has 8 nitrogen and oxygen atoms in total. The van der Waals surface area contributed by atoms with E-state index >= 15 is 0 Å². The summed E-state index contributed by atoms with van der Waals surface area (Å²) >= 11 is 0. The van der Waals surface area contributed by atoms with Gasteiger partial charge in [-0.3, -0.25) is 0 Å². The van der Waals surface area contributed by atoms with Gasteiger partial charge in [-0.05, 0) is 42.5 Å². The highest BCUT2D eigenvalue weighted by Crippen LogP contribution is 2.31. The molecule has 1 N–H and O–H groups in total. The number of ether oxygens (including phenoxy) is 2. The van der Waals surface area contributed by atoms with E-state index < -0.39 is 21.9 Å². The summed E-state index contributed by atoms with van der Waals surface area (Å²) in [6.45, 7) is 0.369. The molecule has 4 rings (SSSR count). The predicted molar refractivity (Wildman–Crippen MR) is 112 cm³/mol. The van der Waals surface area contributed by atoms with Crippen LogP contribution in [0.3, 0.4) is 0 Å². The lowest BCUT2D eigenvalue weighted by atomic mass is 10.2. The molecule has 1 aliphatic heterocycles. The van der Waals surface area contributed by atoms with Crippen LogP contribution in [0.1, 0.15) is 11.8 Å². The van der Waals surface area contributed by atoms with Crippen molar-refractivity contribution in [1.29, 1.82) is 0 Å². The molecule has 0 unspecified atom stereocenters. The van der Waals surface area contributed by atoms with Crippen LogP contribution < -0.4 is 10.1 Å². The van der Waals surface area contributed by atoms with Crippen molar-refractivity contribution in [3.05, 3.63) is 72.3 Å². The Bertz CT molecular complexity index is 1160. The van der Waals surface area contributed by atoms with E-state index in [2.05, 4.69) is 15.3 Å². The number of hydrogen-bond donors (Lipinski definition) is 1. The third-order valence-electron chi connectivity index (χ3n) is 4.79. The molecule has 0 aliphatic carbocycles. The molecule has 10 heteroatoms. The molecule has 0 amide bonds. The van der Waals surface area contributed by atoms with Crippen LogP contribution >= 0.6 is 0 Å². The monoisotopic (exact) mass is 444 g/mol. The van der Waals surface area contributed by atoms with Gasteiger partial charge in [0.1, 0.15) is 34.2 Å². The maximum atomic E-state index is 13.8. The van der Waals surface area contributed by atoms with E-state index in [1.54, 1.807) is 24.4 Å². The molecule has 0 bridgehead atoms. The quantitative estimate of drug-likeness (QED) is 0.624. The number of sulfonamides is 1. The SMILES string of the molecule is COc1ccc(F)cc1S(=O)(=O)N1CCO[C@H](c2cccc(Nc3ccccn3)n2)C1. The Morgan fingerprint density at radius 1 is 1.16 bits per heavy atom. The zero-order valence-corrected chi connectivity index (χ0v) is 17.5. The smallest absolute Gasteiger partial charge is 0.247 e. The normalized spacial score (nSPS) is 17.3. The van der Waals surface area contributed by atoms with Gasteiger partial charge in [0, 0.05) is 19.3 Å². The van der Waals surface area contributed by atoms with E-state index in [0.29, 0.717) is 17.3 Å². The number of aromatic nitrogens is 2. The Balaban J connectivity index is 1.56. The highest BCUT2D eigenvalue weighted by atomic mass is 32.2. The van der Waals surface area contributed by atoms with Crippen molar-refractivity contribution in [2.75, 3.05) is 32.1 Å². The van der Waals surface area contributed by atoms with E-state index in [1.807, 2.05) is 18.2 Å². The third kappa shape index (κ3) is 4.66. The van der Waals surface area contributed by atoms with E-state index in [-0.39, 0.29) is 30.3 Å². The first-order chi connectivity index (χ1) is 15.0. The molecule has 162 valence electrons. The average molecular weight is 444 g/mol. The zero-order valence-electron chi connectivity index (χ0n) is 16.7. The minimum Gasteiger partial charge on any atom is -0.495 e. The van der Waals surface area contributed by atoms with Crippen LogP contribution in [-0.4, -0.2) is 49.5 Å². The van der Waals surface area contributed by atoms with E-state index in [4.69, 9.17) is 9.47 Å². The number of nitrogens with zero attached hydrogens (tertiary/aromatic N) is 3. The first-order valence-corrected chi connectivity index (χ1v) is 11.0. The number of methoxy groups -OCH3 is 1. The number of halogens is 1. The molecule has 2 aromatic heterocycles. The Labute approximate surface area is 179 Å². The van der Waals surface area contributed by atoms with Gasteiger partial charge in [0.15, 0.2) is 0 Å². The van der Waals surface area contributed by atoms with Crippen molar-refractivity contribution < 1.29 is 22.3 Å². The molecule has 0 radical (unpaired) electrons. The highest BCUT2D eigenvalue weighted by molar-refractivity contribution is 7.89. The molecular formula is C21H21FN4O4S. The van der Waals surface area contributed by atoms with Crippen LogP contribution in [-0.2, 0) is 14.8 Å². The summed E-state index contributed by atoms with van der Waals surface area (Å²) in [5.41, 5.74) is 0.576. The van der Waals surface area contributed by atoms with Crippen molar-refractivity contribution in [1.82, 2.24) is 14.3 Å². The molecule has 1 saturated heterocycles. The van der Waals surface area contributed by atoms with Crippen LogP contribution in [0.15, 0.2) is 65.7 Å². The topological polar surface area (TPSA) is 93.7 Å². The minimum absolute atomic E-state index is 0.0437. The van der Waals surface area contributed by atoms with Gasteiger partial charge >= 0.3 is 0 Å². The molecule has 3 heterocycles.